The maximum atomic E-state index is 11.4. The van der Waals surface area contributed by atoms with Gasteiger partial charge in [-0.15, -0.1) is 0 Å². The molecule has 2 aliphatic heterocycles. The quantitative estimate of drug-likeness (QED) is 0.728. The van der Waals surface area contributed by atoms with Gasteiger partial charge >= 0.3 is 0 Å². The number of carbonyl (C=O) groups is 1. The van der Waals surface area contributed by atoms with Gasteiger partial charge in [0.25, 0.3) is 0 Å². The van der Waals surface area contributed by atoms with E-state index in [2.05, 4.69) is 4.90 Å². The minimum Gasteiger partial charge on any atom is -0.300 e. The second-order valence-corrected chi connectivity index (χ2v) is 7.31. The zero-order valence-corrected chi connectivity index (χ0v) is 10.5. The van der Waals surface area contributed by atoms with Crippen molar-refractivity contribution in [2.45, 2.75) is 44.2 Å². The minimum atomic E-state index is -2.84. The summed E-state index contributed by atoms with van der Waals surface area (Å²) in [5.41, 5.74) is 0. The van der Waals surface area contributed by atoms with E-state index in [4.69, 9.17) is 0 Å². The number of piperidine rings is 1. The Kier molecular flexibility index (Phi) is 3.35. The lowest BCUT2D eigenvalue weighted by atomic mass is 10.0. The smallest absolute Gasteiger partial charge is 0.147 e. The highest BCUT2D eigenvalue weighted by Crippen LogP contribution is 2.33. The van der Waals surface area contributed by atoms with Crippen LogP contribution >= 0.6 is 0 Å². The molecule has 2 aliphatic rings. The third-order valence-corrected chi connectivity index (χ3v) is 4.66. The van der Waals surface area contributed by atoms with Crippen LogP contribution in [-0.4, -0.2) is 49.7 Å². The zero-order chi connectivity index (χ0) is 11.8. The van der Waals surface area contributed by atoms with Gasteiger partial charge in [-0.2, -0.15) is 0 Å². The first-order chi connectivity index (χ1) is 7.46. The maximum Gasteiger partial charge on any atom is 0.147 e. The van der Waals surface area contributed by atoms with Crippen LogP contribution in [0.3, 0.4) is 0 Å². The van der Waals surface area contributed by atoms with Gasteiger partial charge in [-0.3, -0.25) is 9.69 Å². The van der Waals surface area contributed by atoms with Gasteiger partial charge in [0.2, 0.25) is 0 Å². The van der Waals surface area contributed by atoms with Crippen LogP contribution in [-0.2, 0) is 14.6 Å². The largest absolute Gasteiger partial charge is 0.300 e. The van der Waals surface area contributed by atoms with Crippen LogP contribution in [0.15, 0.2) is 0 Å². The summed E-state index contributed by atoms with van der Waals surface area (Å²) in [6, 6.07) is 0.789. The standard InChI is InChI=1S/C11H19NO3S/c1-16(14,15)6-2-5-12-9-3-4-10(12)8-11(13)7-9/h9-10H,2-8H2,1H3. The van der Waals surface area contributed by atoms with E-state index in [-0.39, 0.29) is 5.75 Å². The van der Waals surface area contributed by atoms with E-state index < -0.39 is 9.84 Å². The number of sulfone groups is 1. The van der Waals surface area contributed by atoms with E-state index in [1.807, 2.05) is 0 Å². The molecule has 0 aliphatic carbocycles. The molecule has 2 bridgehead atoms. The molecule has 0 aromatic heterocycles. The molecule has 92 valence electrons. The van der Waals surface area contributed by atoms with E-state index in [1.54, 1.807) is 0 Å². The fourth-order valence-corrected chi connectivity index (χ4v) is 3.59. The lowest BCUT2D eigenvalue weighted by molar-refractivity contribution is -0.123. The number of Topliss-reactive ketones (excluding diaryl/α,β-unsaturated/α-hetero) is 1. The van der Waals surface area contributed by atoms with Gasteiger partial charge in [-0.25, -0.2) is 8.42 Å². The Bertz CT molecular complexity index is 361. The number of hydrogen-bond donors (Lipinski definition) is 0. The van der Waals surface area contributed by atoms with Crippen molar-refractivity contribution in [3.05, 3.63) is 0 Å². The molecule has 2 atom stereocenters. The molecule has 0 spiro atoms. The molecule has 5 heteroatoms. The van der Waals surface area contributed by atoms with Gasteiger partial charge < -0.3 is 0 Å². The van der Waals surface area contributed by atoms with Crippen molar-refractivity contribution in [3.63, 3.8) is 0 Å². The number of carbonyl (C=O) groups excluding carboxylic acids is 1. The molecule has 2 saturated heterocycles. The summed E-state index contributed by atoms with van der Waals surface area (Å²) in [4.78, 5) is 13.7. The minimum absolute atomic E-state index is 0.261. The highest BCUT2D eigenvalue weighted by atomic mass is 32.2. The summed E-state index contributed by atoms with van der Waals surface area (Å²) in [5, 5.41) is 0. The second-order valence-electron chi connectivity index (χ2n) is 5.05. The van der Waals surface area contributed by atoms with Gasteiger partial charge in [-0.05, 0) is 25.8 Å². The molecule has 0 radical (unpaired) electrons. The molecule has 4 nitrogen and oxygen atoms in total. The SMILES string of the molecule is CS(=O)(=O)CCCN1C2CCC1CC(=O)C2. The summed E-state index contributed by atoms with van der Waals surface area (Å²) in [6.45, 7) is 0.829. The Morgan fingerprint density at radius 2 is 1.81 bits per heavy atom. The number of ketones is 1. The highest BCUT2D eigenvalue weighted by Gasteiger charge is 2.39. The highest BCUT2D eigenvalue weighted by molar-refractivity contribution is 7.90. The van der Waals surface area contributed by atoms with Crippen LogP contribution < -0.4 is 0 Å². The van der Waals surface area contributed by atoms with Crippen LogP contribution in [0.25, 0.3) is 0 Å². The van der Waals surface area contributed by atoms with Crippen LogP contribution in [0.5, 0.6) is 0 Å². The monoisotopic (exact) mass is 245 g/mol. The number of rotatable bonds is 4. The van der Waals surface area contributed by atoms with E-state index in [0.717, 1.165) is 19.4 Å². The summed E-state index contributed by atoms with van der Waals surface area (Å²) >= 11 is 0. The summed E-state index contributed by atoms with van der Waals surface area (Å²) < 4.78 is 22.1. The van der Waals surface area contributed by atoms with Crippen LogP contribution in [0.1, 0.15) is 32.1 Å². The maximum absolute atomic E-state index is 11.4. The van der Waals surface area contributed by atoms with Gasteiger partial charge in [0.1, 0.15) is 15.6 Å². The molecule has 2 unspecified atom stereocenters. The second kappa shape index (κ2) is 4.45. The molecule has 16 heavy (non-hydrogen) atoms. The average Bonchev–Trinajstić information content (AvgIpc) is 2.41. The van der Waals surface area contributed by atoms with Crippen molar-refractivity contribution in [1.29, 1.82) is 0 Å². The van der Waals surface area contributed by atoms with Crippen LogP contribution in [0.2, 0.25) is 0 Å². The predicted molar refractivity (Wildman–Crippen MR) is 62.1 cm³/mol. The normalized spacial score (nSPS) is 30.9. The van der Waals surface area contributed by atoms with Crippen molar-refractivity contribution in [1.82, 2.24) is 4.90 Å². The van der Waals surface area contributed by atoms with Gasteiger partial charge in [0, 0.05) is 31.2 Å². The molecule has 2 heterocycles. The first-order valence-corrected chi connectivity index (χ1v) is 7.97. The third-order valence-electron chi connectivity index (χ3n) is 3.63. The fourth-order valence-electron chi connectivity index (χ4n) is 2.94. The summed E-state index contributed by atoms with van der Waals surface area (Å²) in [5.74, 6) is 0.642. The molecule has 0 aromatic rings. The van der Waals surface area contributed by atoms with Crippen molar-refractivity contribution in [2.75, 3.05) is 18.6 Å². The Hall–Kier alpha value is -0.420. The van der Waals surface area contributed by atoms with E-state index in [1.165, 1.54) is 6.26 Å². The lowest BCUT2D eigenvalue weighted by Crippen LogP contribution is -2.43. The van der Waals surface area contributed by atoms with Crippen molar-refractivity contribution in [2.24, 2.45) is 0 Å². The van der Waals surface area contributed by atoms with Gasteiger partial charge in [0.15, 0.2) is 0 Å². The van der Waals surface area contributed by atoms with E-state index >= 15 is 0 Å². The number of hydrogen-bond acceptors (Lipinski definition) is 4. The molecule has 0 amide bonds. The fraction of sp³-hybridized carbons (Fsp3) is 0.909. The Labute approximate surface area is 96.9 Å². The molecular formula is C11H19NO3S. The first-order valence-electron chi connectivity index (χ1n) is 5.91. The Balaban J connectivity index is 1.85. The van der Waals surface area contributed by atoms with Gasteiger partial charge in [-0.1, -0.05) is 0 Å². The van der Waals surface area contributed by atoms with E-state index in [0.29, 0.717) is 37.1 Å². The Morgan fingerprint density at radius 3 is 2.31 bits per heavy atom. The zero-order valence-electron chi connectivity index (χ0n) is 9.68. The third kappa shape index (κ3) is 2.83. The van der Waals surface area contributed by atoms with E-state index in [9.17, 15) is 13.2 Å². The summed E-state index contributed by atoms with van der Waals surface area (Å²) in [6.07, 6.45) is 5.54. The molecule has 2 fully saturated rings. The van der Waals surface area contributed by atoms with Gasteiger partial charge in [0.05, 0.1) is 5.75 Å². The summed E-state index contributed by atoms with van der Waals surface area (Å²) in [7, 11) is -2.84. The molecule has 2 rings (SSSR count). The predicted octanol–water partition coefficient (Wildman–Crippen LogP) is 0.617. The van der Waals surface area contributed by atoms with Crippen LogP contribution in [0.4, 0.5) is 0 Å². The Morgan fingerprint density at radius 1 is 1.25 bits per heavy atom. The number of fused-ring (bicyclic) bond motifs is 2. The molecule has 0 N–H and O–H groups in total. The van der Waals surface area contributed by atoms with Crippen molar-refractivity contribution in [3.8, 4) is 0 Å². The molecule has 0 aromatic carbocycles. The molecule has 0 saturated carbocycles. The van der Waals surface area contributed by atoms with Crippen molar-refractivity contribution < 1.29 is 13.2 Å². The number of nitrogens with zero attached hydrogens (tertiary/aromatic N) is 1. The van der Waals surface area contributed by atoms with Crippen LogP contribution in [0, 0.1) is 0 Å². The first kappa shape index (κ1) is 12.0. The lowest BCUT2D eigenvalue weighted by Gasteiger charge is -2.33. The topological polar surface area (TPSA) is 54.5 Å². The average molecular weight is 245 g/mol. The van der Waals surface area contributed by atoms with Crippen molar-refractivity contribution >= 4 is 15.6 Å². The molecular weight excluding hydrogens is 226 g/mol.